The molecule has 1 aromatic carbocycles. The van der Waals surface area contributed by atoms with Crippen LogP contribution in [0.15, 0.2) is 36.8 Å². The first-order chi connectivity index (χ1) is 15.2. The van der Waals surface area contributed by atoms with Gasteiger partial charge in [-0.3, -0.25) is 10.2 Å². The summed E-state index contributed by atoms with van der Waals surface area (Å²) in [5.74, 6) is 0.491. The van der Waals surface area contributed by atoms with Crippen molar-refractivity contribution in [2.24, 2.45) is 0 Å². The van der Waals surface area contributed by atoms with Crippen LogP contribution in [0.1, 0.15) is 25.7 Å². The maximum Gasteiger partial charge on any atom is 0.151 e. The fourth-order valence-electron chi connectivity index (χ4n) is 5.15. The van der Waals surface area contributed by atoms with Gasteiger partial charge in [0.05, 0.1) is 23.6 Å². The molecule has 2 bridgehead atoms. The highest BCUT2D eigenvalue weighted by atomic mass is 19.1. The van der Waals surface area contributed by atoms with E-state index in [1.807, 2.05) is 12.1 Å². The lowest BCUT2D eigenvalue weighted by molar-refractivity contribution is 0.353. The van der Waals surface area contributed by atoms with Crippen molar-refractivity contribution in [1.29, 1.82) is 0 Å². The van der Waals surface area contributed by atoms with Crippen molar-refractivity contribution in [2.75, 3.05) is 11.9 Å². The Bertz CT molecular complexity index is 1200. The Morgan fingerprint density at radius 1 is 1.06 bits per heavy atom. The minimum atomic E-state index is -0.349. The van der Waals surface area contributed by atoms with Crippen molar-refractivity contribution >= 4 is 16.7 Å². The smallest absolute Gasteiger partial charge is 0.151 e. The summed E-state index contributed by atoms with van der Waals surface area (Å²) in [5.41, 5.74) is 3.11. The first kappa shape index (κ1) is 18.4. The summed E-state index contributed by atoms with van der Waals surface area (Å²) in [4.78, 5) is 2.23. The van der Waals surface area contributed by atoms with Crippen molar-refractivity contribution in [2.45, 2.75) is 43.8 Å². The maximum absolute atomic E-state index is 15.1. The predicted molar refractivity (Wildman–Crippen MR) is 116 cm³/mol. The topological polar surface area (TPSA) is 98.4 Å². The van der Waals surface area contributed by atoms with Crippen LogP contribution >= 0.6 is 0 Å². The Morgan fingerprint density at radius 2 is 1.90 bits per heavy atom. The number of fused-ring (bicyclic) bond motifs is 3. The van der Waals surface area contributed by atoms with Crippen molar-refractivity contribution in [1.82, 2.24) is 35.9 Å². The zero-order valence-electron chi connectivity index (χ0n) is 17.1. The molecule has 0 radical (unpaired) electrons. The number of piperidine rings is 1. The van der Waals surface area contributed by atoms with Crippen LogP contribution in [0.3, 0.4) is 0 Å². The van der Waals surface area contributed by atoms with Gasteiger partial charge in [0.2, 0.25) is 0 Å². The van der Waals surface area contributed by atoms with Crippen LogP contribution in [-0.2, 0) is 0 Å². The van der Waals surface area contributed by atoms with Crippen LogP contribution in [-0.4, -0.2) is 55.8 Å². The number of nitrogens with one attached hydrogen (secondary N) is 3. The van der Waals surface area contributed by atoms with Crippen molar-refractivity contribution in [3.63, 3.8) is 0 Å². The molecule has 0 aliphatic carbocycles. The molecule has 3 aromatic heterocycles. The van der Waals surface area contributed by atoms with E-state index in [1.165, 1.54) is 18.9 Å². The van der Waals surface area contributed by atoms with Gasteiger partial charge < -0.3 is 10.2 Å². The molecule has 9 heteroatoms. The Balaban J connectivity index is 1.33. The highest BCUT2D eigenvalue weighted by Gasteiger charge is 2.35. The zero-order valence-corrected chi connectivity index (χ0v) is 17.1. The molecule has 3 atom stereocenters. The molecule has 0 unspecified atom stereocenters. The third-order valence-electron chi connectivity index (χ3n) is 6.76. The molecule has 0 saturated carbocycles. The molecule has 8 nitrogen and oxygen atoms in total. The number of aromatic amines is 2. The van der Waals surface area contributed by atoms with E-state index < -0.39 is 0 Å². The Hall–Kier alpha value is -3.33. The monoisotopic (exact) mass is 418 g/mol. The van der Waals surface area contributed by atoms with Crippen LogP contribution in [0, 0.1) is 5.82 Å². The highest BCUT2D eigenvalue weighted by molar-refractivity contribution is 6.02. The molecule has 2 fully saturated rings. The van der Waals surface area contributed by atoms with E-state index in [1.54, 1.807) is 18.6 Å². The van der Waals surface area contributed by atoms with Gasteiger partial charge in [-0.1, -0.05) is 0 Å². The first-order valence-electron chi connectivity index (χ1n) is 10.6. The summed E-state index contributed by atoms with van der Waals surface area (Å²) < 4.78 is 15.1. The van der Waals surface area contributed by atoms with E-state index >= 15 is 4.39 Å². The van der Waals surface area contributed by atoms with Crippen LogP contribution in [0.4, 0.5) is 10.2 Å². The average Bonchev–Trinajstić information content (AvgIpc) is 3.55. The van der Waals surface area contributed by atoms with Gasteiger partial charge in [0.1, 0.15) is 5.82 Å². The number of anilines is 1. The molecular formula is C22H23FN8. The largest absolute Gasteiger partial charge is 0.355 e. The average molecular weight is 418 g/mol. The summed E-state index contributed by atoms with van der Waals surface area (Å²) in [7, 11) is 2.09. The number of rotatable bonds is 4. The Labute approximate surface area is 178 Å². The van der Waals surface area contributed by atoms with Crippen LogP contribution in [0.2, 0.25) is 0 Å². The van der Waals surface area contributed by atoms with Gasteiger partial charge in [0.15, 0.2) is 5.82 Å². The molecule has 3 N–H and O–H groups in total. The summed E-state index contributed by atoms with van der Waals surface area (Å²) in [6.45, 7) is 0. The lowest BCUT2D eigenvalue weighted by atomic mass is 9.98. The van der Waals surface area contributed by atoms with Gasteiger partial charge in [0, 0.05) is 53.4 Å². The minimum absolute atomic E-state index is 0.349. The maximum atomic E-state index is 15.1. The second-order valence-corrected chi connectivity index (χ2v) is 8.58. The van der Waals surface area contributed by atoms with E-state index in [4.69, 9.17) is 0 Å². The third kappa shape index (κ3) is 3.07. The van der Waals surface area contributed by atoms with Gasteiger partial charge in [-0.25, -0.2) is 4.39 Å². The number of hydrogen-bond donors (Lipinski definition) is 3. The molecule has 0 spiro atoms. The molecule has 2 aliphatic heterocycles. The molecule has 2 aliphatic rings. The molecule has 6 rings (SSSR count). The van der Waals surface area contributed by atoms with E-state index in [-0.39, 0.29) is 5.82 Å². The number of halogens is 1. The number of benzene rings is 1. The van der Waals surface area contributed by atoms with Gasteiger partial charge >= 0.3 is 0 Å². The van der Waals surface area contributed by atoms with E-state index in [9.17, 15) is 0 Å². The molecule has 5 heterocycles. The SMILES string of the molecule is CN(c1ccc(-c2cc(F)c(-c3cn[nH]c3)c3cn[nH]c23)nn1)[C@@H]1C[C@H]2CC[C@@H](C1)N2. The lowest BCUT2D eigenvalue weighted by Crippen LogP contribution is -2.47. The molecule has 158 valence electrons. The molecule has 31 heavy (non-hydrogen) atoms. The normalized spacial score (nSPS) is 22.8. The Morgan fingerprint density at radius 3 is 2.61 bits per heavy atom. The Kier molecular flexibility index (Phi) is 4.24. The summed E-state index contributed by atoms with van der Waals surface area (Å²) in [5, 5.41) is 27.1. The predicted octanol–water partition coefficient (Wildman–Crippen LogP) is 3.27. The van der Waals surface area contributed by atoms with Crippen molar-refractivity contribution in [3.8, 4) is 22.4 Å². The van der Waals surface area contributed by atoms with Crippen molar-refractivity contribution in [3.05, 3.63) is 42.6 Å². The van der Waals surface area contributed by atoms with E-state index in [2.05, 4.69) is 47.9 Å². The summed E-state index contributed by atoms with van der Waals surface area (Å²) in [6.07, 6.45) is 9.69. The number of aromatic nitrogens is 6. The lowest BCUT2D eigenvalue weighted by Gasteiger charge is -2.36. The fraction of sp³-hybridized carbons (Fsp3) is 0.364. The van der Waals surface area contributed by atoms with Gasteiger partial charge in [0.25, 0.3) is 0 Å². The molecule has 2 saturated heterocycles. The molecular weight excluding hydrogens is 395 g/mol. The zero-order chi connectivity index (χ0) is 20.9. The van der Waals surface area contributed by atoms with E-state index in [0.29, 0.717) is 45.9 Å². The first-order valence-corrected chi connectivity index (χ1v) is 10.6. The van der Waals surface area contributed by atoms with Crippen LogP contribution < -0.4 is 10.2 Å². The summed E-state index contributed by atoms with van der Waals surface area (Å²) >= 11 is 0. The standard InChI is InChI=1S/C22H23FN8/c1-31(15-6-13-2-3-14(7-15)27-13)20-5-4-19(28-29-20)16-8-18(23)21(12-9-24-25-10-12)17-11-26-30-22(16)17/h4-5,8-11,13-15,27H,2-3,6-7H2,1H3,(H,24,25)(H,26,30)/t13-,14+,15-. The molecule has 4 aromatic rings. The van der Waals surface area contributed by atoms with Gasteiger partial charge in [-0.15, -0.1) is 10.2 Å². The second kappa shape index (κ2) is 7.12. The molecule has 0 amide bonds. The highest BCUT2D eigenvalue weighted by Crippen LogP contribution is 2.36. The fourth-order valence-corrected chi connectivity index (χ4v) is 5.15. The van der Waals surface area contributed by atoms with Gasteiger partial charge in [-0.2, -0.15) is 10.2 Å². The minimum Gasteiger partial charge on any atom is -0.355 e. The van der Waals surface area contributed by atoms with Crippen LogP contribution in [0.5, 0.6) is 0 Å². The second-order valence-electron chi connectivity index (χ2n) is 8.58. The number of hydrogen-bond acceptors (Lipinski definition) is 6. The number of nitrogens with zero attached hydrogens (tertiary/aromatic N) is 5. The van der Waals surface area contributed by atoms with Gasteiger partial charge in [-0.05, 0) is 43.9 Å². The quantitative estimate of drug-likeness (QED) is 0.471. The van der Waals surface area contributed by atoms with E-state index in [0.717, 1.165) is 24.2 Å². The summed E-state index contributed by atoms with van der Waals surface area (Å²) in [6, 6.07) is 7.05. The third-order valence-corrected chi connectivity index (χ3v) is 6.76. The van der Waals surface area contributed by atoms with Crippen molar-refractivity contribution < 1.29 is 4.39 Å². The number of H-pyrrole nitrogens is 2. The van der Waals surface area contributed by atoms with Crippen LogP contribution in [0.25, 0.3) is 33.3 Å².